The van der Waals surface area contributed by atoms with Crippen molar-refractivity contribution in [2.75, 3.05) is 36.4 Å². The number of fused-ring (bicyclic) bond motifs is 2. The zero-order valence-corrected chi connectivity index (χ0v) is 20.8. The summed E-state index contributed by atoms with van der Waals surface area (Å²) in [7, 11) is -3.26. The van der Waals surface area contributed by atoms with Gasteiger partial charge < -0.3 is 10.6 Å². The number of anilines is 2. The minimum Gasteiger partial charge on any atom is -0.351 e. The van der Waals surface area contributed by atoms with Gasteiger partial charge in [0.25, 0.3) is 0 Å². The van der Waals surface area contributed by atoms with Gasteiger partial charge in [0, 0.05) is 43.5 Å². The fourth-order valence-electron chi connectivity index (χ4n) is 6.55. The van der Waals surface area contributed by atoms with E-state index >= 15 is 0 Å². The molecule has 0 radical (unpaired) electrons. The molecule has 1 aromatic heterocycles. The third-order valence-electron chi connectivity index (χ3n) is 8.86. The maximum atomic E-state index is 13.4. The molecule has 0 aromatic carbocycles. The molecule has 2 saturated heterocycles. The second-order valence-corrected chi connectivity index (χ2v) is 13.2. The van der Waals surface area contributed by atoms with E-state index in [0.717, 1.165) is 75.7 Å². The molecule has 2 saturated carbocycles. The molecule has 2 N–H and O–H groups in total. The van der Waals surface area contributed by atoms with Crippen molar-refractivity contribution in [3.63, 3.8) is 0 Å². The van der Waals surface area contributed by atoms with Crippen LogP contribution in [0.25, 0.3) is 0 Å². The number of carbonyl (C=O) groups is 1. The molecular weight excluding hydrogens is 452 g/mol. The number of aromatic nitrogens is 2. The molecule has 3 unspecified atom stereocenters. The predicted molar refractivity (Wildman–Crippen MR) is 130 cm³/mol. The summed E-state index contributed by atoms with van der Waals surface area (Å²) >= 11 is 0. The Morgan fingerprint density at radius 2 is 1.91 bits per heavy atom. The van der Waals surface area contributed by atoms with Gasteiger partial charge in [-0.25, -0.2) is 17.7 Å². The lowest BCUT2D eigenvalue weighted by atomic mass is 10.0. The second kappa shape index (κ2) is 8.41. The first kappa shape index (κ1) is 22.7. The standard InChI is InChI=1S/C24H36N6O3S/c1-16-4-2-6-20(16)30-21-19(24(9-10-24)22(30)31)15-26-23(28-21)27-17-7-12-29(13-8-17)34(32,33)18-5-3-11-25-14-18/h15-18,20,25H,2-14H2,1H3,(H,26,27,28). The molecular formula is C24H36N6O3S. The van der Waals surface area contributed by atoms with Crippen LogP contribution < -0.4 is 15.5 Å². The molecule has 1 aromatic rings. The third kappa shape index (κ3) is 3.64. The van der Waals surface area contributed by atoms with Gasteiger partial charge in [0.1, 0.15) is 5.82 Å². The number of nitrogens with one attached hydrogen (secondary N) is 2. The lowest BCUT2D eigenvalue weighted by molar-refractivity contribution is -0.120. The summed E-state index contributed by atoms with van der Waals surface area (Å²) in [6, 6.07) is 0.358. The third-order valence-corrected chi connectivity index (χ3v) is 11.2. The van der Waals surface area contributed by atoms with E-state index in [0.29, 0.717) is 31.5 Å². The molecule has 186 valence electrons. The highest BCUT2D eigenvalue weighted by molar-refractivity contribution is 7.89. The highest BCUT2D eigenvalue weighted by Gasteiger charge is 2.62. The largest absolute Gasteiger partial charge is 0.351 e. The topological polar surface area (TPSA) is 108 Å². The van der Waals surface area contributed by atoms with Crippen molar-refractivity contribution in [2.24, 2.45) is 5.92 Å². The fourth-order valence-corrected chi connectivity index (χ4v) is 8.49. The summed E-state index contributed by atoms with van der Waals surface area (Å²) in [5.74, 6) is 2.08. The molecule has 34 heavy (non-hydrogen) atoms. The van der Waals surface area contributed by atoms with Crippen molar-refractivity contribution in [3.05, 3.63) is 11.8 Å². The van der Waals surface area contributed by atoms with Crippen LogP contribution in [0, 0.1) is 5.92 Å². The van der Waals surface area contributed by atoms with E-state index in [1.165, 1.54) is 0 Å². The summed E-state index contributed by atoms with van der Waals surface area (Å²) < 4.78 is 27.7. The zero-order chi connectivity index (χ0) is 23.5. The van der Waals surface area contributed by atoms with Crippen molar-refractivity contribution >= 4 is 27.7 Å². The van der Waals surface area contributed by atoms with Crippen LogP contribution in [0.4, 0.5) is 11.8 Å². The summed E-state index contributed by atoms with van der Waals surface area (Å²) in [6.45, 7) is 4.75. The van der Waals surface area contributed by atoms with Gasteiger partial charge in [-0.05, 0) is 63.8 Å². The Balaban J connectivity index is 1.15. The van der Waals surface area contributed by atoms with E-state index in [1.807, 2.05) is 11.1 Å². The number of rotatable bonds is 5. The van der Waals surface area contributed by atoms with Crippen LogP contribution in [-0.4, -0.2) is 72.1 Å². The van der Waals surface area contributed by atoms with E-state index in [1.54, 1.807) is 4.31 Å². The molecule has 1 amide bonds. The van der Waals surface area contributed by atoms with Gasteiger partial charge in [0.2, 0.25) is 21.9 Å². The number of nitrogens with zero attached hydrogens (tertiary/aromatic N) is 4. The van der Waals surface area contributed by atoms with Crippen molar-refractivity contribution in [1.29, 1.82) is 0 Å². The van der Waals surface area contributed by atoms with Crippen LogP contribution in [0.1, 0.15) is 70.3 Å². The van der Waals surface area contributed by atoms with E-state index in [4.69, 9.17) is 4.98 Å². The van der Waals surface area contributed by atoms with Crippen molar-refractivity contribution < 1.29 is 13.2 Å². The molecule has 5 aliphatic rings. The maximum absolute atomic E-state index is 13.4. The number of piperidine rings is 2. The molecule has 0 bridgehead atoms. The smallest absolute Gasteiger partial charge is 0.239 e. The lowest BCUT2D eigenvalue weighted by Crippen LogP contribution is -2.50. The normalized spacial score (nSPS) is 31.7. The average Bonchev–Trinajstić information content (AvgIpc) is 3.50. The molecule has 3 atom stereocenters. The van der Waals surface area contributed by atoms with Crippen LogP contribution in [0.15, 0.2) is 6.20 Å². The van der Waals surface area contributed by atoms with Gasteiger partial charge in [-0.3, -0.25) is 9.69 Å². The van der Waals surface area contributed by atoms with Gasteiger partial charge in [-0.15, -0.1) is 0 Å². The highest BCUT2D eigenvalue weighted by Crippen LogP contribution is 2.58. The van der Waals surface area contributed by atoms with Crippen molar-refractivity contribution in [1.82, 2.24) is 19.6 Å². The summed E-state index contributed by atoms with van der Waals surface area (Å²) in [6.07, 6.45) is 10.1. The number of hydrogen-bond donors (Lipinski definition) is 2. The van der Waals surface area contributed by atoms with Crippen LogP contribution >= 0.6 is 0 Å². The van der Waals surface area contributed by atoms with Crippen LogP contribution in [0.3, 0.4) is 0 Å². The van der Waals surface area contributed by atoms with Crippen molar-refractivity contribution in [3.8, 4) is 0 Å². The molecule has 2 aliphatic carbocycles. The van der Waals surface area contributed by atoms with E-state index in [2.05, 4.69) is 22.5 Å². The second-order valence-electron chi connectivity index (χ2n) is 11.0. The van der Waals surface area contributed by atoms with Gasteiger partial charge in [0.15, 0.2) is 0 Å². The van der Waals surface area contributed by atoms with Gasteiger partial charge in [-0.1, -0.05) is 13.3 Å². The average molecular weight is 489 g/mol. The highest BCUT2D eigenvalue weighted by atomic mass is 32.2. The van der Waals surface area contributed by atoms with E-state index < -0.39 is 10.0 Å². The molecule has 6 rings (SSSR count). The van der Waals surface area contributed by atoms with Crippen LogP contribution in [0.5, 0.6) is 0 Å². The quantitative estimate of drug-likeness (QED) is 0.653. The van der Waals surface area contributed by atoms with E-state index in [-0.39, 0.29) is 28.7 Å². The number of hydrogen-bond acceptors (Lipinski definition) is 7. The SMILES string of the molecule is CC1CCCC1N1C(=O)C2(CC2)c2cnc(NC3CCN(S(=O)(=O)C4CCCNC4)CC3)nc21. The fraction of sp³-hybridized carbons (Fsp3) is 0.792. The van der Waals surface area contributed by atoms with Crippen LogP contribution in [0.2, 0.25) is 0 Å². The first-order valence-electron chi connectivity index (χ1n) is 13.1. The Labute approximate surface area is 202 Å². The predicted octanol–water partition coefficient (Wildman–Crippen LogP) is 2.00. The molecule has 3 aliphatic heterocycles. The molecule has 4 heterocycles. The first-order chi connectivity index (χ1) is 16.4. The van der Waals surface area contributed by atoms with Gasteiger partial charge >= 0.3 is 0 Å². The molecule has 4 fully saturated rings. The monoisotopic (exact) mass is 488 g/mol. The minimum atomic E-state index is -3.26. The minimum absolute atomic E-state index is 0.125. The Morgan fingerprint density at radius 3 is 2.56 bits per heavy atom. The summed E-state index contributed by atoms with van der Waals surface area (Å²) in [4.78, 5) is 24.9. The Hall–Kier alpha value is -1.78. The lowest BCUT2D eigenvalue weighted by Gasteiger charge is -2.35. The number of sulfonamides is 1. The number of amides is 1. The maximum Gasteiger partial charge on any atom is 0.239 e. The van der Waals surface area contributed by atoms with Gasteiger partial charge in [-0.2, -0.15) is 4.98 Å². The first-order valence-corrected chi connectivity index (χ1v) is 14.6. The number of carbonyl (C=O) groups excluding carboxylic acids is 1. The van der Waals surface area contributed by atoms with E-state index in [9.17, 15) is 13.2 Å². The van der Waals surface area contributed by atoms with Crippen molar-refractivity contribution in [2.45, 2.75) is 87.5 Å². The Kier molecular flexibility index (Phi) is 5.61. The molecule has 10 heteroatoms. The zero-order valence-electron chi connectivity index (χ0n) is 20.0. The Bertz CT molecular complexity index is 1060. The summed E-state index contributed by atoms with van der Waals surface area (Å²) in [5, 5.41) is 6.37. The van der Waals surface area contributed by atoms with Crippen LogP contribution in [-0.2, 0) is 20.2 Å². The Morgan fingerprint density at radius 1 is 1.12 bits per heavy atom. The molecule has 1 spiro atoms. The summed E-state index contributed by atoms with van der Waals surface area (Å²) in [5.41, 5.74) is 0.633. The molecule has 9 nitrogen and oxygen atoms in total. The van der Waals surface area contributed by atoms with Gasteiger partial charge in [0.05, 0.1) is 10.7 Å².